The van der Waals surface area contributed by atoms with Crippen LogP contribution in [0.4, 0.5) is 17.3 Å². The van der Waals surface area contributed by atoms with Gasteiger partial charge in [-0.15, -0.1) is 0 Å². The second kappa shape index (κ2) is 4.84. The quantitative estimate of drug-likeness (QED) is 0.866. The van der Waals surface area contributed by atoms with Gasteiger partial charge in [0.05, 0.1) is 19.0 Å². The number of nitrogens with zero attached hydrogens (tertiary/aromatic N) is 3. The highest BCUT2D eigenvalue weighted by molar-refractivity contribution is 6.35. The van der Waals surface area contributed by atoms with E-state index < -0.39 is 0 Å². The van der Waals surface area contributed by atoms with E-state index in [2.05, 4.69) is 20.3 Å². The van der Waals surface area contributed by atoms with E-state index in [4.69, 9.17) is 22.1 Å². The fourth-order valence-corrected chi connectivity index (χ4v) is 1.33. The lowest BCUT2D eigenvalue weighted by molar-refractivity contribution is 0.398. The summed E-state index contributed by atoms with van der Waals surface area (Å²) in [7, 11) is 1.55. The number of rotatable bonds is 3. The lowest BCUT2D eigenvalue weighted by Crippen LogP contribution is -2.00. The van der Waals surface area contributed by atoms with Crippen molar-refractivity contribution in [2.75, 3.05) is 18.2 Å². The Balaban J connectivity index is 2.22. The summed E-state index contributed by atoms with van der Waals surface area (Å²) in [5.74, 6) is 1.20. The number of methoxy groups -OCH3 is 1. The van der Waals surface area contributed by atoms with Crippen LogP contribution in [0.1, 0.15) is 0 Å². The molecular formula is C10H10ClN5O. The standard InChI is InChI=1S/C10H10ClN5O/c1-17-7-3-2-6(4-13-7)16-10-8(11)9(12)14-5-15-10/h2-5H,1H3,(H3,12,14,15,16). The van der Waals surface area contributed by atoms with E-state index in [1.807, 2.05) is 0 Å². The van der Waals surface area contributed by atoms with Gasteiger partial charge in [0.25, 0.3) is 0 Å². The molecule has 0 aliphatic carbocycles. The number of hydrogen-bond acceptors (Lipinski definition) is 6. The topological polar surface area (TPSA) is 86.0 Å². The van der Waals surface area contributed by atoms with Crippen LogP contribution >= 0.6 is 11.6 Å². The largest absolute Gasteiger partial charge is 0.481 e. The summed E-state index contributed by atoms with van der Waals surface area (Å²) in [5.41, 5.74) is 6.29. The number of halogens is 1. The third-order valence-electron chi connectivity index (χ3n) is 2.02. The molecule has 0 unspecified atom stereocenters. The lowest BCUT2D eigenvalue weighted by atomic mass is 10.4. The predicted octanol–water partition coefficient (Wildman–Crippen LogP) is 1.86. The molecule has 7 heteroatoms. The van der Waals surface area contributed by atoms with Crippen molar-refractivity contribution in [2.45, 2.75) is 0 Å². The van der Waals surface area contributed by atoms with Crippen LogP contribution in [0.3, 0.4) is 0 Å². The summed E-state index contributed by atoms with van der Waals surface area (Å²) >= 11 is 5.94. The highest BCUT2D eigenvalue weighted by Crippen LogP contribution is 2.26. The molecule has 6 nitrogen and oxygen atoms in total. The summed E-state index contributed by atoms with van der Waals surface area (Å²) in [6, 6.07) is 3.52. The average molecular weight is 252 g/mol. The Hall–Kier alpha value is -2.08. The Morgan fingerprint density at radius 1 is 1.29 bits per heavy atom. The zero-order valence-electron chi connectivity index (χ0n) is 9.01. The molecular weight excluding hydrogens is 242 g/mol. The van der Waals surface area contributed by atoms with Crippen LogP contribution in [-0.4, -0.2) is 22.1 Å². The van der Waals surface area contributed by atoms with E-state index in [-0.39, 0.29) is 10.8 Å². The van der Waals surface area contributed by atoms with E-state index in [9.17, 15) is 0 Å². The first-order valence-corrected chi connectivity index (χ1v) is 5.11. The van der Waals surface area contributed by atoms with E-state index in [1.54, 1.807) is 25.4 Å². The molecule has 0 saturated carbocycles. The molecule has 0 spiro atoms. The molecule has 0 aliphatic heterocycles. The van der Waals surface area contributed by atoms with Gasteiger partial charge in [0.1, 0.15) is 17.2 Å². The van der Waals surface area contributed by atoms with Gasteiger partial charge in [-0.1, -0.05) is 11.6 Å². The average Bonchev–Trinajstić information content (AvgIpc) is 2.36. The van der Waals surface area contributed by atoms with Crippen molar-refractivity contribution in [2.24, 2.45) is 0 Å². The molecule has 0 bridgehead atoms. The van der Waals surface area contributed by atoms with Crippen molar-refractivity contribution in [1.82, 2.24) is 15.0 Å². The molecule has 88 valence electrons. The summed E-state index contributed by atoms with van der Waals surface area (Å²) in [4.78, 5) is 11.8. The Kier molecular flexibility index (Phi) is 3.24. The molecule has 0 aliphatic rings. The Bertz CT molecular complexity index is 517. The Morgan fingerprint density at radius 3 is 2.76 bits per heavy atom. The Morgan fingerprint density at radius 2 is 2.12 bits per heavy atom. The van der Waals surface area contributed by atoms with Crippen molar-refractivity contribution >= 4 is 28.9 Å². The molecule has 2 heterocycles. The van der Waals surface area contributed by atoms with Gasteiger partial charge in [-0.25, -0.2) is 15.0 Å². The van der Waals surface area contributed by atoms with Gasteiger partial charge in [-0.05, 0) is 6.07 Å². The maximum atomic E-state index is 5.94. The molecule has 2 aromatic heterocycles. The first-order chi connectivity index (χ1) is 8.20. The van der Waals surface area contributed by atoms with Gasteiger partial charge in [0.2, 0.25) is 5.88 Å². The molecule has 0 fully saturated rings. The van der Waals surface area contributed by atoms with Gasteiger partial charge < -0.3 is 15.8 Å². The number of ether oxygens (including phenoxy) is 1. The van der Waals surface area contributed by atoms with E-state index >= 15 is 0 Å². The van der Waals surface area contributed by atoms with Crippen molar-refractivity contribution in [1.29, 1.82) is 0 Å². The van der Waals surface area contributed by atoms with Crippen LogP contribution in [0, 0.1) is 0 Å². The highest BCUT2D eigenvalue weighted by Gasteiger charge is 2.06. The Labute approximate surface area is 103 Å². The zero-order valence-corrected chi connectivity index (χ0v) is 9.77. The predicted molar refractivity (Wildman–Crippen MR) is 65.5 cm³/mol. The first-order valence-electron chi connectivity index (χ1n) is 4.73. The molecule has 0 atom stereocenters. The fraction of sp³-hybridized carbons (Fsp3) is 0.100. The summed E-state index contributed by atoms with van der Waals surface area (Å²) in [6.45, 7) is 0. The van der Waals surface area contributed by atoms with Crippen LogP contribution in [0.2, 0.25) is 5.02 Å². The number of nitrogens with one attached hydrogen (secondary N) is 1. The molecule has 0 amide bonds. The van der Waals surface area contributed by atoms with Crippen LogP contribution in [-0.2, 0) is 0 Å². The maximum absolute atomic E-state index is 5.94. The SMILES string of the molecule is COc1ccc(Nc2ncnc(N)c2Cl)cn1. The second-order valence-corrected chi connectivity index (χ2v) is 3.51. The number of pyridine rings is 1. The molecule has 17 heavy (non-hydrogen) atoms. The molecule has 0 aromatic carbocycles. The first kappa shape index (κ1) is 11.4. The molecule has 3 N–H and O–H groups in total. The number of nitrogen functional groups attached to an aromatic ring is 1. The third kappa shape index (κ3) is 2.54. The third-order valence-corrected chi connectivity index (χ3v) is 2.40. The molecule has 2 aromatic rings. The fourth-order valence-electron chi connectivity index (χ4n) is 1.18. The highest BCUT2D eigenvalue weighted by atomic mass is 35.5. The zero-order chi connectivity index (χ0) is 12.3. The van der Waals surface area contributed by atoms with Gasteiger partial charge >= 0.3 is 0 Å². The van der Waals surface area contributed by atoms with Crippen molar-refractivity contribution in [3.8, 4) is 5.88 Å². The molecule has 0 radical (unpaired) electrons. The molecule has 0 saturated heterocycles. The van der Waals surface area contributed by atoms with Crippen molar-refractivity contribution in [3.05, 3.63) is 29.7 Å². The van der Waals surface area contributed by atoms with E-state index in [1.165, 1.54) is 6.33 Å². The number of hydrogen-bond donors (Lipinski definition) is 2. The summed E-state index contributed by atoms with van der Waals surface area (Å²) < 4.78 is 4.95. The van der Waals surface area contributed by atoms with Crippen LogP contribution in [0.5, 0.6) is 5.88 Å². The van der Waals surface area contributed by atoms with Gasteiger partial charge in [0.15, 0.2) is 5.82 Å². The monoisotopic (exact) mass is 251 g/mol. The van der Waals surface area contributed by atoms with Crippen molar-refractivity contribution < 1.29 is 4.74 Å². The van der Waals surface area contributed by atoms with Gasteiger partial charge in [-0.2, -0.15) is 0 Å². The summed E-state index contributed by atoms with van der Waals surface area (Å²) in [6.07, 6.45) is 2.94. The smallest absolute Gasteiger partial charge is 0.213 e. The number of aromatic nitrogens is 3. The minimum atomic E-state index is 0.227. The van der Waals surface area contributed by atoms with Crippen LogP contribution in [0.25, 0.3) is 0 Å². The van der Waals surface area contributed by atoms with Gasteiger partial charge in [0, 0.05) is 6.07 Å². The van der Waals surface area contributed by atoms with Crippen molar-refractivity contribution in [3.63, 3.8) is 0 Å². The van der Waals surface area contributed by atoms with Crippen LogP contribution in [0.15, 0.2) is 24.7 Å². The minimum Gasteiger partial charge on any atom is -0.481 e. The molecule has 2 rings (SSSR count). The number of nitrogens with two attached hydrogens (primary N) is 1. The number of anilines is 3. The summed E-state index contributed by atoms with van der Waals surface area (Å²) in [5, 5.41) is 3.26. The maximum Gasteiger partial charge on any atom is 0.213 e. The lowest BCUT2D eigenvalue weighted by Gasteiger charge is -2.07. The van der Waals surface area contributed by atoms with E-state index in [0.29, 0.717) is 11.7 Å². The van der Waals surface area contributed by atoms with E-state index in [0.717, 1.165) is 5.69 Å². The van der Waals surface area contributed by atoms with Crippen LogP contribution < -0.4 is 15.8 Å². The minimum absolute atomic E-state index is 0.227. The van der Waals surface area contributed by atoms with Gasteiger partial charge in [-0.3, -0.25) is 0 Å². The second-order valence-electron chi connectivity index (χ2n) is 3.14. The normalized spacial score (nSPS) is 10.0.